The predicted molar refractivity (Wildman–Crippen MR) is 91.8 cm³/mol. The zero-order valence-electron chi connectivity index (χ0n) is 12.5. The van der Waals surface area contributed by atoms with Crippen molar-refractivity contribution in [1.29, 1.82) is 0 Å². The zero-order chi connectivity index (χ0) is 17.5. The maximum atomic E-state index is 11.7. The van der Waals surface area contributed by atoms with E-state index < -0.39 is 4.92 Å². The second-order valence-corrected chi connectivity index (χ2v) is 5.73. The van der Waals surface area contributed by atoms with Gasteiger partial charge in [0.1, 0.15) is 5.75 Å². The number of hydrogen-bond acceptors (Lipinski definition) is 4. The summed E-state index contributed by atoms with van der Waals surface area (Å²) in [6, 6.07) is 11.2. The van der Waals surface area contributed by atoms with Crippen LogP contribution in [-0.4, -0.2) is 24.0 Å². The number of nitrogens with one attached hydrogen (secondary N) is 1. The van der Waals surface area contributed by atoms with Crippen LogP contribution in [0.4, 0.5) is 5.69 Å². The third-order valence-corrected chi connectivity index (χ3v) is 3.68. The second-order valence-electron chi connectivity index (χ2n) is 4.89. The molecule has 126 valence electrons. The van der Waals surface area contributed by atoms with E-state index in [1.165, 1.54) is 18.2 Å². The minimum Gasteiger partial charge on any atom is -0.482 e. The van der Waals surface area contributed by atoms with E-state index >= 15 is 0 Å². The van der Waals surface area contributed by atoms with Gasteiger partial charge in [0.25, 0.3) is 11.6 Å². The van der Waals surface area contributed by atoms with Gasteiger partial charge in [-0.1, -0.05) is 35.3 Å². The summed E-state index contributed by atoms with van der Waals surface area (Å²) in [5, 5.41) is 14.1. The Morgan fingerprint density at radius 1 is 1.17 bits per heavy atom. The number of carbonyl (C=O) groups is 1. The number of nitro groups is 1. The van der Waals surface area contributed by atoms with Crippen molar-refractivity contribution in [3.8, 4) is 5.75 Å². The van der Waals surface area contributed by atoms with Crippen LogP contribution in [0.25, 0.3) is 0 Å². The molecule has 8 heteroatoms. The van der Waals surface area contributed by atoms with E-state index in [0.717, 1.165) is 5.56 Å². The second kappa shape index (κ2) is 8.52. The van der Waals surface area contributed by atoms with Gasteiger partial charge in [0.2, 0.25) is 0 Å². The first kappa shape index (κ1) is 18.0. The lowest BCUT2D eigenvalue weighted by Gasteiger charge is -2.09. The van der Waals surface area contributed by atoms with Crippen LogP contribution in [-0.2, 0) is 11.2 Å². The van der Waals surface area contributed by atoms with Gasteiger partial charge in [-0.25, -0.2) is 0 Å². The van der Waals surface area contributed by atoms with Gasteiger partial charge in [0.05, 0.1) is 9.95 Å². The summed E-state index contributed by atoms with van der Waals surface area (Å²) in [5.41, 5.74) is 0.916. The normalized spacial score (nSPS) is 10.2. The molecular formula is C16H14Cl2N2O4. The van der Waals surface area contributed by atoms with Gasteiger partial charge in [-0.15, -0.1) is 0 Å². The molecule has 0 radical (unpaired) electrons. The lowest BCUT2D eigenvalue weighted by atomic mass is 10.1. The number of benzene rings is 2. The van der Waals surface area contributed by atoms with Crippen LogP contribution in [0.2, 0.25) is 10.0 Å². The number of halogens is 2. The highest BCUT2D eigenvalue weighted by Crippen LogP contribution is 2.28. The highest BCUT2D eigenvalue weighted by Gasteiger charge is 2.11. The van der Waals surface area contributed by atoms with Crippen LogP contribution in [0, 0.1) is 10.1 Å². The smallest absolute Gasteiger partial charge is 0.271 e. The molecule has 0 aliphatic carbocycles. The van der Waals surface area contributed by atoms with E-state index in [1.54, 1.807) is 12.1 Å². The Kier molecular flexibility index (Phi) is 6.40. The molecule has 0 saturated heterocycles. The third-order valence-electron chi connectivity index (χ3n) is 3.13. The van der Waals surface area contributed by atoms with Gasteiger partial charge in [0.15, 0.2) is 6.61 Å². The van der Waals surface area contributed by atoms with E-state index in [0.29, 0.717) is 18.0 Å². The fraction of sp³-hybridized carbons (Fsp3) is 0.188. The topological polar surface area (TPSA) is 81.5 Å². The summed E-state index contributed by atoms with van der Waals surface area (Å²) in [4.78, 5) is 21.8. The van der Waals surface area contributed by atoms with Gasteiger partial charge >= 0.3 is 0 Å². The first-order valence-electron chi connectivity index (χ1n) is 7.03. The standard InChI is InChI=1S/C16H14Cl2N2O4/c17-12-3-1-11(2-4-12)7-8-19-16(21)10-24-15-6-5-13(20(22)23)9-14(15)18/h1-6,9H,7-8,10H2,(H,19,21). The average Bonchev–Trinajstić information content (AvgIpc) is 2.55. The Morgan fingerprint density at radius 3 is 2.50 bits per heavy atom. The number of nitro benzene ring substituents is 1. The minimum atomic E-state index is -0.556. The molecule has 1 N–H and O–H groups in total. The highest BCUT2D eigenvalue weighted by atomic mass is 35.5. The van der Waals surface area contributed by atoms with Crippen LogP contribution in [0.15, 0.2) is 42.5 Å². The van der Waals surface area contributed by atoms with Gasteiger partial charge in [-0.2, -0.15) is 0 Å². The summed E-state index contributed by atoms with van der Waals surface area (Å²) in [6.45, 7) is 0.232. The van der Waals surface area contributed by atoms with E-state index in [9.17, 15) is 14.9 Å². The van der Waals surface area contributed by atoms with Crippen molar-refractivity contribution in [2.75, 3.05) is 13.2 Å². The SMILES string of the molecule is O=C(COc1ccc([N+](=O)[O-])cc1Cl)NCCc1ccc(Cl)cc1. The van der Waals surface area contributed by atoms with Crippen LogP contribution < -0.4 is 10.1 Å². The largest absolute Gasteiger partial charge is 0.482 e. The number of hydrogen-bond donors (Lipinski definition) is 1. The summed E-state index contributed by atoms with van der Waals surface area (Å²) in [5.74, 6) is -0.0894. The maximum Gasteiger partial charge on any atom is 0.271 e. The number of carbonyl (C=O) groups excluding carboxylic acids is 1. The molecule has 2 aromatic carbocycles. The average molecular weight is 369 g/mol. The van der Waals surface area contributed by atoms with Crippen molar-refractivity contribution in [3.05, 3.63) is 68.2 Å². The molecule has 1 amide bonds. The highest BCUT2D eigenvalue weighted by molar-refractivity contribution is 6.32. The molecular weight excluding hydrogens is 355 g/mol. The van der Waals surface area contributed by atoms with Gasteiger partial charge in [0, 0.05) is 23.7 Å². The number of rotatable bonds is 7. The maximum absolute atomic E-state index is 11.7. The molecule has 6 nitrogen and oxygen atoms in total. The van der Waals surface area contributed by atoms with Crippen LogP contribution >= 0.6 is 23.2 Å². The zero-order valence-corrected chi connectivity index (χ0v) is 14.0. The monoisotopic (exact) mass is 368 g/mol. The summed E-state index contributed by atoms with van der Waals surface area (Å²) < 4.78 is 5.27. The lowest BCUT2D eigenvalue weighted by molar-refractivity contribution is -0.384. The van der Waals surface area contributed by atoms with Crippen molar-refractivity contribution in [2.45, 2.75) is 6.42 Å². The van der Waals surface area contributed by atoms with E-state index in [4.69, 9.17) is 27.9 Å². The molecule has 0 heterocycles. The molecule has 2 rings (SSSR count). The molecule has 0 saturated carbocycles. The summed E-state index contributed by atoms with van der Waals surface area (Å²) >= 11 is 11.7. The summed E-state index contributed by atoms with van der Waals surface area (Å²) in [6.07, 6.45) is 0.668. The number of ether oxygens (including phenoxy) is 1. The molecule has 24 heavy (non-hydrogen) atoms. The number of nitrogens with zero attached hydrogens (tertiary/aromatic N) is 1. The molecule has 2 aromatic rings. The van der Waals surface area contributed by atoms with Crippen LogP contribution in [0.3, 0.4) is 0 Å². The fourth-order valence-electron chi connectivity index (χ4n) is 1.91. The molecule has 0 aliphatic rings. The molecule has 0 bridgehead atoms. The Bertz CT molecular complexity index is 735. The number of amides is 1. The molecule has 0 spiro atoms. The first-order valence-corrected chi connectivity index (χ1v) is 7.79. The third kappa shape index (κ3) is 5.40. The number of non-ortho nitro benzene ring substituents is 1. The Morgan fingerprint density at radius 2 is 1.88 bits per heavy atom. The Hall–Kier alpha value is -2.31. The van der Waals surface area contributed by atoms with Crippen molar-refractivity contribution < 1.29 is 14.5 Å². The Labute approximate surface area is 148 Å². The van der Waals surface area contributed by atoms with Gasteiger partial charge < -0.3 is 10.1 Å². The van der Waals surface area contributed by atoms with E-state index in [-0.39, 0.29) is 29.0 Å². The summed E-state index contributed by atoms with van der Waals surface area (Å²) in [7, 11) is 0. The molecule has 0 unspecified atom stereocenters. The molecule has 0 aliphatic heterocycles. The van der Waals surface area contributed by atoms with E-state index in [2.05, 4.69) is 5.32 Å². The van der Waals surface area contributed by atoms with Gasteiger partial charge in [-0.3, -0.25) is 14.9 Å². The fourth-order valence-corrected chi connectivity index (χ4v) is 2.27. The lowest BCUT2D eigenvalue weighted by Crippen LogP contribution is -2.30. The van der Waals surface area contributed by atoms with Crippen LogP contribution in [0.5, 0.6) is 5.75 Å². The minimum absolute atomic E-state index is 0.0816. The Balaban J connectivity index is 1.77. The molecule has 0 aromatic heterocycles. The van der Waals surface area contributed by atoms with Crippen molar-refractivity contribution in [1.82, 2.24) is 5.32 Å². The van der Waals surface area contributed by atoms with Crippen LogP contribution in [0.1, 0.15) is 5.56 Å². The van der Waals surface area contributed by atoms with Crippen molar-refractivity contribution >= 4 is 34.8 Å². The molecule has 0 fully saturated rings. The van der Waals surface area contributed by atoms with Gasteiger partial charge in [-0.05, 0) is 30.2 Å². The molecule has 0 atom stereocenters. The first-order chi connectivity index (χ1) is 11.5. The van der Waals surface area contributed by atoms with Crippen molar-refractivity contribution in [3.63, 3.8) is 0 Å². The van der Waals surface area contributed by atoms with Crippen molar-refractivity contribution in [2.24, 2.45) is 0 Å². The van der Waals surface area contributed by atoms with E-state index in [1.807, 2.05) is 12.1 Å². The quantitative estimate of drug-likeness (QED) is 0.597. The predicted octanol–water partition coefficient (Wildman–Crippen LogP) is 3.64.